The molecule has 0 radical (unpaired) electrons. The monoisotopic (exact) mass is 458 g/mol. The smallest absolute Gasteiger partial charge is 0.243 e. The maximum Gasteiger partial charge on any atom is 0.243 e. The van der Waals surface area contributed by atoms with Gasteiger partial charge >= 0.3 is 0 Å². The van der Waals surface area contributed by atoms with Crippen molar-refractivity contribution in [3.63, 3.8) is 0 Å². The summed E-state index contributed by atoms with van der Waals surface area (Å²) in [6.45, 7) is 0.510. The Balaban J connectivity index is 1.45. The first-order valence-corrected chi connectivity index (χ1v) is 11.6. The van der Waals surface area contributed by atoms with Gasteiger partial charge in [-0.25, -0.2) is 0 Å². The van der Waals surface area contributed by atoms with E-state index >= 15 is 0 Å². The Hall–Kier alpha value is -3.71. The van der Waals surface area contributed by atoms with Crippen LogP contribution in [-0.2, 0) is 22.4 Å². The summed E-state index contributed by atoms with van der Waals surface area (Å²) in [7, 11) is 0. The summed E-state index contributed by atoms with van der Waals surface area (Å²) in [6.07, 6.45) is 4.00. The van der Waals surface area contributed by atoms with E-state index < -0.39 is 12.1 Å². The molecule has 1 aliphatic rings. The highest BCUT2D eigenvalue weighted by Gasteiger charge is 2.37. The summed E-state index contributed by atoms with van der Waals surface area (Å²) in [4.78, 5) is 32.5. The Kier molecular flexibility index (Phi) is 7.54. The molecule has 34 heavy (non-hydrogen) atoms. The van der Waals surface area contributed by atoms with Crippen molar-refractivity contribution >= 4 is 11.8 Å². The number of benzene rings is 2. The number of aromatic hydroxyl groups is 1. The van der Waals surface area contributed by atoms with Crippen molar-refractivity contribution in [3.05, 3.63) is 95.8 Å². The predicted molar refractivity (Wildman–Crippen MR) is 130 cm³/mol. The fourth-order valence-electron chi connectivity index (χ4n) is 4.42. The minimum Gasteiger partial charge on any atom is -0.508 e. The van der Waals surface area contributed by atoms with Crippen LogP contribution in [0.1, 0.15) is 35.7 Å². The summed E-state index contributed by atoms with van der Waals surface area (Å²) in [6, 6.07) is 20.6. The maximum absolute atomic E-state index is 13.4. The molecule has 0 unspecified atom stereocenters. The Morgan fingerprint density at radius 2 is 1.76 bits per heavy atom. The van der Waals surface area contributed by atoms with Gasteiger partial charge in [-0.2, -0.15) is 0 Å². The summed E-state index contributed by atoms with van der Waals surface area (Å²) >= 11 is 0. The number of hydrogen-bond donors (Lipinski definition) is 3. The number of carbonyl (C=O) groups excluding carboxylic acids is 2. The molecule has 3 aromatic rings. The number of carbonyl (C=O) groups is 2. The Morgan fingerprint density at radius 1 is 1.03 bits per heavy atom. The highest BCUT2D eigenvalue weighted by molar-refractivity contribution is 5.90. The van der Waals surface area contributed by atoms with E-state index in [0.717, 1.165) is 23.2 Å². The Morgan fingerprint density at radius 3 is 2.47 bits per heavy atom. The van der Waals surface area contributed by atoms with Crippen LogP contribution in [0.25, 0.3) is 0 Å². The number of aromatic nitrogens is 1. The van der Waals surface area contributed by atoms with Crippen LogP contribution < -0.4 is 11.1 Å². The third kappa shape index (κ3) is 5.80. The molecule has 176 valence electrons. The largest absolute Gasteiger partial charge is 0.508 e. The standard InChI is InChI=1S/C27H30N4O3/c28-23(17-19-11-13-22(32)14-12-19)27(34)31-16-6-10-25(31)26(33)30-24(20-7-2-1-3-8-20)18-21-9-4-5-15-29-21/h1-5,7-9,11-15,23-25,32H,6,10,16-18,28H2,(H,30,33)/t23-,24-,25-/m0/s1. The molecule has 1 aromatic heterocycles. The third-order valence-electron chi connectivity index (χ3n) is 6.21. The average Bonchev–Trinajstić information content (AvgIpc) is 3.36. The van der Waals surface area contributed by atoms with E-state index in [9.17, 15) is 14.7 Å². The number of pyridine rings is 1. The van der Waals surface area contributed by atoms with Gasteiger partial charge in [0.1, 0.15) is 11.8 Å². The minimum absolute atomic E-state index is 0.165. The molecule has 1 aliphatic heterocycles. The van der Waals surface area contributed by atoms with E-state index in [-0.39, 0.29) is 23.6 Å². The van der Waals surface area contributed by atoms with Crippen LogP contribution in [0.2, 0.25) is 0 Å². The van der Waals surface area contributed by atoms with Gasteiger partial charge in [0.05, 0.1) is 12.1 Å². The molecule has 0 bridgehead atoms. The highest BCUT2D eigenvalue weighted by atomic mass is 16.3. The number of nitrogens with two attached hydrogens (primary N) is 1. The van der Waals surface area contributed by atoms with Gasteiger partial charge in [-0.1, -0.05) is 48.5 Å². The summed E-state index contributed by atoms with van der Waals surface area (Å²) in [5.41, 5.74) is 8.96. The fraction of sp³-hybridized carbons (Fsp3) is 0.296. The Labute approximate surface area is 199 Å². The van der Waals surface area contributed by atoms with Crippen LogP contribution in [0.4, 0.5) is 0 Å². The van der Waals surface area contributed by atoms with Crippen molar-refractivity contribution in [1.82, 2.24) is 15.2 Å². The second-order valence-electron chi connectivity index (χ2n) is 8.66. The molecule has 3 atom stereocenters. The van der Waals surface area contributed by atoms with E-state index in [1.54, 1.807) is 35.4 Å². The van der Waals surface area contributed by atoms with Crippen molar-refractivity contribution in [1.29, 1.82) is 0 Å². The topological polar surface area (TPSA) is 109 Å². The van der Waals surface area contributed by atoms with E-state index in [2.05, 4.69) is 10.3 Å². The number of amides is 2. The van der Waals surface area contributed by atoms with Crippen LogP contribution in [0.15, 0.2) is 79.0 Å². The molecule has 4 N–H and O–H groups in total. The molecule has 1 fully saturated rings. The lowest BCUT2D eigenvalue weighted by Gasteiger charge is -2.28. The van der Waals surface area contributed by atoms with Crippen molar-refractivity contribution in [2.24, 2.45) is 5.73 Å². The molecular formula is C27H30N4O3. The zero-order valence-corrected chi connectivity index (χ0v) is 19.0. The van der Waals surface area contributed by atoms with Gasteiger partial charge in [0.25, 0.3) is 0 Å². The number of rotatable bonds is 8. The van der Waals surface area contributed by atoms with Crippen LogP contribution in [0, 0.1) is 0 Å². The second-order valence-corrected chi connectivity index (χ2v) is 8.66. The summed E-state index contributed by atoms with van der Waals surface area (Å²) in [5, 5.41) is 12.6. The molecule has 4 rings (SSSR count). The lowest BCUT2D eigenvalue weighted by Crippen LogP contribution is -2.52. The molecule has 1 saturated heterocycles. The summed E-state index contributed by atoms with van der Waals surface area (Å²) in [5.74, 6) is -0.238. The number of phenolic OH excluding ortho intramolecular Hbond substituents is 1. The normalized spacial score (nSPS) is 17.2. The zero-order valence-electron chi connectivity index (χ0n) is 19.0. The molecule has 2 amide bonds. The first kappa shape index (κ1) is 23.4. The van der Waals surface area contributed by atoms with Crippen LogP contribution in [0.3, 0.4) is 0 Å². The van der Waals surface area contributed by atoms with Gasteiger partial charge in [-0.05, 0) is 54.7 Å². The van der Waals surface area contributed by atoms with Crippen LogP contribution in [-0.4, -0.2) is 45.4 Å². The molecule has 0 saturated carbocycles. The van der Waals surface area contributed by atoms with Crippen molar-refractivity contribution in [2.75, 3.05) is 6.54 Å². The number of nitrogens with zero attached hydrogens (tertiary/aromatic N) is 2. The summed E-state index contributed by atoms with van der Waals surface area (Å²) < 4.78 is 0. The number of nitrogens with one attached hydrogen (secondary N) is 1. The molecule has 7 heteroatoms. The van der Waals surface area contributed by atoms with Gasteiger partial charge in [-0.3, -0.25) is 14.6 Å². The van der Waals surface area contributed by atoms with Crippen molar-refractivity contribution in [2.45, 2.75) is 43.8 Å². The third-order valence-corrected chi connectivity index (χ3v) is 6.21. The molecule has 0 spiro atoms. The first-order chi connectivity index (χ1) is 16.5. The van der Waals surface area contributed by atoms with Crippen molar-refractivity contribution in [3.8, 4) is 5.75 Å². The average molecular weight is 459 g/mol. The van der Waals surface area contributed by atoms with E-state index in [0.29, 0.717) is 25.8 Å². The quantitative estimate of drug-likeness (QED) is 0.481. The lowest BCUT2D eigenvalue weighted by atomic mass is 10.0. The maximum atomic E-state index is 13.4. The highest BCUT2D eigenvalue weighted by Crippen LogP contribution is 2.23. The first-order valence-electron chi connectivity index (χ1n) is 11.6. The molecule has 2 heterocycles. The fourth-order valence-corrected chi connectivity index (χ4v) is 4.42. The molecule has 7 nitrogen and oxygen atoms in total. The van der Waals surface area contributed by atoms with E-state index in [1.807, 2.05) is 48.5 Å². The van der Waals surface area contributed by atoms with E-state index in [1.165, 1.54) is 0 Å². The number of likely N-dealkylation sites (tertiary alicyclic amines) is 1. The SMILES string of the molecule is N[C@@H](Cc1ccc(O)cc1)C(=O)N1CCC[C@H]1C(=O)N[C@@H](Cc1ccccn1)c1ccccc1. The molecular weight excluding hydrogens is 428 g/mol. The molecule has 0 aliphatic carbocycles. The zero-order chi connectivity index (χ0) is 23.9. The van der Waals surface area contributed by atoms with Crippen molar-refractivity contribution < 1.29 is 14.7 Å². The van der Waals surface area contributed by atoms with Gasteiger partial charge in [0.15, 0.2) is 0 Å². The van der Waals surface area contributed by atoms with Crippen LogP contribution >= 0.6 is 0 Å². The minimum atomic E-state index is -0.753. The van der Waals surface area contributed by atoms with Gasteiger partial charge in [0.2, 0.25) is 11.8 Å². The van der Waals surface area contributed by atoms with E-state index in [4.69, 9.17) is 5.73 Å². The molecule has 2 aromatic carbocycles. The second kappa shape index (κ2) is 10.9. The number of hydrogen-bond acceptors (Lipinski definition) is 5. The number of phenols is 1. The van der Waals surface area contributed by atoms with Gasteiger partial charge in [0, 0.05) is 24.9 Å². The van der Waals surface area contributed by atoms with Gasteiger partial charge in [-0.15, -0.1) is 0 Å². The Bertz CT molecular complexity index is 1090. The van der Waals surface area contributed by atoms with Crippen LogP contribution in [0.5, 0.6) is 5.75 Å². The predicted octanol–water partition coefficient (Wildman–Crippen LogP) is 2.75. The van der Waals surface area contributed by atoms with Gasteiger partial charge < -0.3 is 21.1 Å². The lowest BCUT2D eigenvalue weighted by molar-refractivity contribution is -0.139.